The van der Waals surface area contributed by atoms with Crippen molar-refractivity contribution in [3.8, 4) is 0 Å². The van der Waals surface area contributed by atoms with Gasteiger partial charge in [0.05, 0.1) is 35.3 Å². The molecule has 5 N–H and O–H groups in total. The number of amides is 1. The van der Waals surface area contributed by atoms with Crippen molar-refractivity contribution in [2.24, 2.45) is 0 Å². The highest BCUT2D eigenvalue weighted by molar-refractivity contribution is 8.25. The second kappa shape index (κ2) is 14.2. The number of nitrogens with zero attached hydrogens (tertiary/aromatic N) is 3. The van der Waals surface area contributed by atoms with Gasteiger partial charge in [-0.2, -0.15) is 5.10 Å². The minimum absolute atomic E-state index is 0.0729. The van der Waals surface area contributed by atoms with Crippen LogP contribution in [-0.4, -0.2) is 60.9 Å². The van der Waals surface area contributed by atoms with Crippen LogP contribution in [0.3, 0.4) is 0 Å². The van der Waals surface area contributed by atoms with Crippen LogP contribution in [0.2, 0.25) is 0 Å². The zero-order valence-corrected chi connectivity index (χ0v) is 25.6. The lowest BCUT2D eigenvalue weighted by molar-refractivity contribution is 0.0826. The van der Waals surface area contributed by atoms with Crippen LogP contribution in [0.15, 0.2) is 54.9 Å². The predicted octanol–water partition coefficient (Wildman–Crippen LogP) is 5.46. The van der Waals surface area contributed by atoms with Gasteiger partial charge in [-0.25, -0.2) is 4.39 Å². The highest BCUT2D eigenvalue weighted by Gasteiger charge is 2.33. The molecule has 1 saturated carbocycles. The van der Waals surface area contributed by atoms with Crippen LogP contribution in [0.25, 0.3) is 0 Å². The van der Waals surface area contributed by atoms with Crippen LogP contribution in [0.4, 0.5) is 10.1 Å². The van der Waals surface area contributed by atoms with Crippen molar-refractivity contribution in [3.05, 3.63) is 82.9 Å². The Labute approximate surface area is 255 Å². The van der Waals surface area contributed by atoms with Crippen LogP contribution in [-0.2, 0) is 19.5 Å². The van der Waals surface area contributed by atoms with Gasteiger partial charge in [-0.15, -0.1) is 10.8 Å². The third kappa shape index (κ3) is 7.77. The maximum atomic E-state index is 16.2. The molecule has 2 aliphatic rings. The number of carbonyl (C=O) groups excluding carboxylic acids is 1. The first-order valence-electron chi connectivity index (χ1n) is 15.4. The normalized spacial score (nSPS) is 19.2. The molecule has 1 aliphatic heterocycles. The van der Waals surface area contributed by atoms with Crippen LogP contribution in [0.5, 0.6) is 0 Å². The third-order valence-corrected chi connectivity index (χ3v) is 10.5. The number of aliphatic hydroxyl groups excluding tert-OH is 1. The summed E-state index contributed by atoms with van der Waals surface area (Å²) in [7, 11) is -3.19. The van der Waals surface area contributed by atoms with E-state index in [1.165, 1.54) is 4.31 Å². The van der Waals surface area contributed by atoms with Crippen molar-refractivity contribution in [3.63, 3.8) is 0 Å². The molecular weight excluding hydrogens is 569 g/mol. The average molecular weight is 614 g/mol. The summed E-state index contributed by atoms with van der Waals surface area (Å²) in [5, 5.41) is 21.7. The van der Waals surface area contributed by atoms with E-state index in [1.807, 2.05) is 48.1 Å². The summed E-state index contributed by atoms with van der Waals surface area (Å²) in [6.07, 6.45) is 8.50. The van der Waals surface area contributed by atoms with E-state index in [0.29, 0.717) is 32.4 Å². The Morgan fingerprint density at radius 3 is 2.58 bits per heavy atom. The SMILES string of the molecule is CCn1cc(CNC[C@H](O)[C@H](Cc2ccccc2)NC(=O)c2cc(C3CCCC3)cc(N3CCCCS3(O)O)c2F)cn1. The number of rotatable bonds is 12. The van der Waals surface area contributed by atoms with Crippen LogP contribution >= 0.6 is 10.8 Å². The highest BCUT2D eigenvalue weighted by Crippen LogP contribution is 2.51. The van der Waals surface area contributed by atoms with Gasteiger partial charge < -0.3 is 15.7 Å². The molecule has 2 heterocycles. The van der Waals surface area contributed by atoms with Crippen molar-refractivity contribution >= 4 is 22.4 Å². The summed E-state index contributed by atoms with van der Waals surface area (Å²) < 4.78 is 41.0. The summed E-state index contributed by atoms with van der Waals surface area (Å²) >= 11 is 0. The van der Waals surface area contributed by atoms with E-state index in [-0.39, 0.29) is 29.5 Å². The summed E-state index contributed by atoms with van der Waals surface area (Å²) in [6.45, 7) is 3.81. The molecular formula is C32H44FN5O4S. The molecule has 1 aliphatic carbocycles. The van der Waals surface area contributed by atoms with Gasteiger partial charge in [-0.3, -0.25) is 22.9 Å². The van der Waals surface area contributed by atoms with Gasteiger partial charge in [0.2, 0.25) is 0 Å². The van der Waals surface area contributed by atoms with Crippen LogP contribution < -0.4 is 14.9 Å². The molecule has 1 saturated heterocycles. The van der Waals surface area contributed by atoms with E-state index in [0.717, 1.165) is 48.9 Å². The van der Waals surface area contributed by atoms with E-state index in [1.54, 1.807) is 18.3 Å². The number of anilines is 1. The van der Waals surface area contributed by atoms with Gasteiger partial charge in [0, 0.05) is 37.9 Å². The number of benzene rings is 2. The topological polar surface area (TPSA) is 123 Å². The van der Waals surface area contributed by atoms with Gasteiger partial charge in [0.15, 0.2) is 5.82 Å². The fourth-order valence-electron chi connectivity index (χ4n) is 6.13. The van der Waals surface area contributed by atoms with Crippen molar-refractivity contribution in [1.29, 1.82) is 0 Å². The monoisotopic (exact) mass is 613 g/mol. The number of halogens is 1. The Bertz CT molecular complexity index is 1370. The van der Waals surface area contributed by atoms with Gasteiger partial charge in [-0.05, 0) is 68.2 Å². The van der Waals surface area contributed by atoms with E-state index in [2.05, 4.69) is 15.7 Å². The smallest absolute Gasteiger partial charge is 0.254 e. The van der Waals surface area contributed by atoms with E-state index < -0.39 is 34.6 Å². The number of aromatic nitrogens is 2. The molecule has 0 unspecified atom stereocenters. The van der Waals surface area contributed by atoms with E-state index >= 15 is 4.39 Å². The van der Waals surface area contributed by atoms with E-state index in [9.17, 15) is 19.0 Å². The Morgan fingerprint density at radius 2 is 1.88 bits per heavy atom. The summed E-state index contributed by atoms with van der Waals surface area (Å²) in [6, 6.07) is 12.2. The molecule has 11 heteroatoms. The van der Waals surface area contributed by atoms with Gasteiger partial charge in [-0.1, -0.05) is 43.2 Å². The second-order valence-electron chi connectivity index (χ2n) is 11.7. The lowest BCUT2D eigenvalue weighted by Crippen LogP contribution is -2.49. The predicted molar refractivity (Wildman–Crippen MR) is 169 cm³/mol. The van der Waals surface area contributed by atoms with Gasteiger partial charge >= 0.3 is 0 Å². The molecule has 9 nitrogen and oxygen atoms in total. The first kappa shape index (κ1) is 31.5. The summed E-state index contributed by atoms with van der Waals surface area (Å²) in [5.74, 6) is -1.03. The molecule has 1 aromatic heterocycles. The zero-order valence-electron chi connectivity index (χ0n) is 24.8. The molecule has 0 spiro atoms. The number of hydrogen-bond donors (Lipinski definition) is 5. The molecule has 0 radical (unpaired) electrons. The molecule has 5 rings (SSSR count). The average Bonchev–Trinajstić information content (AvgIpc) is 3.70. The zero-order chi connectivity index (χ0) is 30.4. The third-order valence-electron chi connectivity index (χ3n) is 8.57. The maximum absolute atomic E-state index is 16.2. The fourth-order valence-corrected chi connectivity index (χ4v) is 7.81. The van der Waals surface area contributed by atoms with Gasteiger partial charge in [0.25, 0.3) is 5.91 Å². The molecule has 2 fully saturated rings. The first-order valence-corrected chi connectivity index (χ1v) is 17.0. The second-order valence-corrected chi connectivity index (χ2v) is 13.8. The molecule has 43 heavy (non-hydrogen) atoms. The van der Waals surface area contributed by atoms with Crippen molar-refractivity contribution < 1.29 is 23.4 Å². The number of hydrogen-bond acceptors (Lipinski definition) is 7. The standard InChI is InChI=1S/C32H44FN5O4S/c1-2-37-22-24(20-35-37)19-34-21-30(39)28(16-23-10-4-3-5-11-23)36-32(40)27-17-26(25-12-6-7-13-25)18-29(31(27)33)38-14-8-9-15-43(38,41)42/h3-5,10-11,17-18,20,22,25,28,30,34,39,41-42H,2,6-9,12-16,19,21H2,1H3,(H,36,40)/t28-,30-/m0/s1. The largest absolute Gasteiger partial charge is 0.390 e. The minimum Gasteiger partial charge on any atom is -0.390 e. The Balaban J connectivity index is 1.39. The van der Waals surface area contributed by atoms with Crippen LogP contribution in [0, 0.1) is 5.82 Å². The molecule has 2 aromatic carbocycles. The first-order chi connectivity index (χ1) is 20.7. The molecule has 234 valence electrons. The van der Waals surface area contributed by atoms with E-state index in [4.69, 9.17) is 0 Å². The molecule has 2 atom stereocenters. The minimum atomic E-state index is -3.19. The maximum Gasteiger partial charge on any atom is 0.254 e. The summed E-state index contributed by atoms with van der Waals surface area (Å²) in [4.78, 5) is 13.8. The highest BCUT2D eigenvalue weighted by atomic mass is 32.3. The Morgan fingerprint density at radius 1 is 1.12 bits per heavy atom. The quantitative estimate of drug-likeness (QED) is 0.184. The molecule has 3 aromatic rings. The number of aliphatic hydroxyl groups is 1. The van der Waals surface area contributed by atoms with Crippen molar-refractivity contribution in [1.82, 2.24) is 20.4 Å². The van der Waals surface area contributed by atoms with Crippen molar-refractivity contribution in [2.45, 2.75) is 83.0 Å². The summed E-state index contributed by atoms with van der Waals surface area (Å²) in [5.41, 5.74) is 2.70. The fraction of sp³-hybridized carbons (Fsp3) is 0.500. The number of aryl methyl sites for hydroxylation is 1. The Hall–Kier alpha value is -2.96. The lowest BCUT2D eigenvalue weighted by atomic mass is 9.94. The number of nitrogens with one attached hydrogen (secondary N) is 2. The van der Waals surface area contributed by atoms with Gasteiger partial charge in [0.1, 0.15) is 0 Å². The Kier molecular flexibility index (Phi) is 10.4. The molecule has 0 bridgehead atoms. The molecule has 1 amide bonds. The lowest BCUT2D eigenvalue weighted by Gasteiger charge is -2.47. The van der Waals surface area contributed by atoms with Crippen LogP contribution in [0.1, 0.15) is 78.4 Å². The number of carbonyl (C=O) groups is 1. The van der Waals surface area contributed by atoms with Crippen molar-refractivity contribution in [2.75, 3.05) is 23.1 Å².